The number of carbonyl (C=O) groups is 5. The van der Waals surface area contributed by atoms with Gasteiger partial charge in [-0.1, -0.05) is 11.2 Å². The number of aromatic nitrogens is 6. The third kappa shape index (κ3) is 9.60. The Morgan fingerprint density at radius 1 is 0.913 bits per heavy atom. The molecule has 1 unspecified atom stereocenters. The van der Waals surface area contributed by atoms with Gasteiger partial charge in [0.2, 0.25) is 5.82 Å². The summed E-state index contributed by atoms with van der Waals surface area (Å²) in [4.78, 5) is 77.4. The Labute approximate surface area is 396 Å². The number of benzene rings is 2. The highest BCUT2D eigenvalue weighted by molar-refractivity contribution is 6.26. The largest absolute Gasteiger partial charge is 0.384 e. The van der Waals surface area contributed by atoms with Crippen molar-refractivity contribution >= 4 is 68.5 Å². The molecular weight excluding hydrogens is 892 g/mol. The van der Waals surface area contributed by atoms with Gasteiger partial charge in [-0.3, -0.25) is 24.0 Å². The van der Waals surface area contributed by atoms with Gasteiger partial charge in [-0.25, -0.2) is 23.9 Å². The first-order chi connectivity index (χ1) is 33.4. The fourth-order valence-corrected chi connectivity index (χ4v) is 8.99. The average molecular weight is 947 g/mol. The van der Waals surface area contributed by atoms with E-state index < -0.39 is 47.9 Å². The van der Waals surface area contributed by atoms with Gasteiger partial charge in [-0.2, -0.15) is 5.10 Å². The van der Waals surface area contributed by atoms with E-state index >= 15 is 4.39 Å². The second-order valence-corrected chi connectivity index (χ2v) is 17.6. The van der Waals surface area contributed by atoms with Crippen LogP contribution in [0.1, 0.15) is 112 Å². The summed E-state index contributed by atoms with van der Waals surface area (Å²) >= 11 is 0. The number of carbonyl (C=O) groups excluding carboxylic acids is 5. The highest BCUT2D eigenvalue weighted by atomic mass is 19.1. The van der Waals surface area contributed by atoms with Crippen LogP contribution in [-0.2, 0) is 30.3 Å². The molecule has 9 rings (SSSR count). The molecule has 19 nitrogen and oxygen atoms in total. The van der Waals surface area contributed by atoms with Crippen LogP contribution >= 0.6 is 0 Å². The molecule has 362 valence electrons. The molecule has 2 aliphatic carbocycles. The molecule has 0 saturated heterocycles. The average Bonchev–Trinajstić information content (AvgIpc) is 3.77. The second-order valence-electron chi connectivity index (χ2n) is 17.6. The van der Waals surface area contributed by atoms with Crippen LogP contribution < -0.4 is 16.0 Å². The van der Waals surface area contributed by atoms with Crippen molar-refractivity contribution in [3.05, 3.63) is 76.1 Å². The zero-order valence-corrected chi connectivity index (χ0v) is 39.1. The van der Waals surface area contributed by atoms with Crippen LogP contribution in [0.15, 0.2) is 40.9 Å². The van der Waals surface area contributed by atoms with Crippen molar-refractivity contribution in [2.45, 2.75) is 90.9 Å². The van der Waals surface area contributed by atoms with E-state index in [2.05, 4.69) is 44.3 Å². The van der Waals surface area contributed by atoms with Gasteiger partial charge in [0.25, 0.3) is 23.5 Å². The van der Waals surface area contributed by atoms with Gasteiger partial charge in [0.15, 0.2) is 5.78 Å². The standard InChI is InChI=1S/C49H55FN10O9/c1-5-59-39(26-36(57-59)30-11-12-30)54-44-42-34-23-27(2)33(40-28(3)58-69-29(40)4)25-37(34)53-43(42)55-45(56-44)46(63)52-16-8-18-67-20-22-68-21-19-66-17-7-15-51-35-10-6-9-32-41(35)48(65)60(47(32)64)49(50)14-13-31(61)24-38(49)62/h6,9-10,23,25-26,30,51H,5,7-8,11-22,24H2,1-4H3,(H,52,63)(H2,53,54,55,56). The van der Waals surface area contributed by atoms with Crippen molar-refractivity contribution in [3.63, 3.8) is 0 Å². The Bertz CT molecular complexity index is 2960. The van der Waals surface area contributed by atoms with Crippen LogP contribution in [0.25, 0.3) is 33.1 Å². The molecule has 2 saturated carbocycles. The molecule has 69 heavy (non-hydrogen) atoms. The normalized spacial score (nSPS) is 17.1. The lowest BCUT2D eigenvalue weighted by Gasteiger charge is -2.34. The molecule has 2 aromatic carbocycles. The van der Waals surface area contributed by atoms with Gasteiger partial charge in [-0.05, 0) is 88.8 Å². The second kappa shape index (κ2) is 20.0. The third-order valence-corrected chi connectivity index (χ3v) is 12.7. The Hall–Kier alpha value is -6.90. The first-order valence-electron chi connectivity index (χ1n) is 23.5. The number of H-pyrrole nitrogens is 1. The maximum absolute atomic E-state index is 15.8. The molecule has 0 spiro atoms. The maximum atomic E-state index is 15.8. The van der Waals surface area contributed by atoms with E-state index in [1.54, 1.807) is 12.1 Å². The fourth-order valence-electron chi connectivity index (χ4n) is 8.99. The molecule has 1 atom stereocenters. The molecule has 20 heteroatoms. The van der Waals surface area contributed by atoms with Gasteiger partial charge < -0.3 is 39.7 Å². The number of fused-ring (bicyclic) bond motifs is 4. The summed E-state index contributed by atoms with van der Waals surface area (Å²) < 4.78 is 40.2. The van der Waals surface area contributed by atoms with Crippen LogP contribution in [0.2, 0.25) is 0 Å². The number of imide groups is 1. The first kappa shape index (κ1) is 47.2. The van der Waals surface area contributed by atoms with E-state index in [-0.39, 0.29) is 23.4 Å². The number of amides is 3. The SMILES string of the molecule is CCn1nc(C2CC2)cc1Nc1nc(C(=O)NCCCOCCOCCOCCCNc2cccc3c2C(=O)N(C2(F)CCC(=O)CC2=O)C3=O)nc2[nH]c3cc(-c4c(C)noc4C)c(C)cc3c12. The minimum absolute atomic E-state index is 0.00104. The number of aromatic amines is 1. The van der Waals surface area contributed by atoms with Crippen molar-refractivity contribution in [1.29, 1.82) is 0 Å². The summed E-state index contributed by atoms with van der Waals surface area (Å²) in [5.41, 5.74) is 6.52. The van der Waals surface area contributed by atoms with Crippen molar-refractivity contribution in [2.75, 3.05) is 63.4 Å². The zero-order chi connectivity index (χ0) is 48.4. The molecule has 4 N–H and O–H groups in total. The molecule has 0 bridgehead atoms. The molecule has 6 aromatic rings. The number of hydrogen-bond acceptors (Lipinski definition) is 15. The van der Waals surface area contributed by atoms with Crippen LogP contribution in [0.5, 0.6) is 0 Å². The Morgan fingerprint density at radius 2 is 1.65 bits per heavy atom. The number of aryl methyl sites for hydroxylation is 4. The van der Waals surface area contributed by atoms with E-state index in [9.17, 15) is 24.0 Å². The smallest absolute Gasteiger partial charge is 0.289 e. The van der Waals surface area contributed by atoms with Gasteiger partial charge in [0, 0.05) is 79.8 Å². The van der Waals surface area contributed by atoms with Gasteiger partial charge in [0.05, 0.1) is 60.7 Å². The number of alkyl halides is 1. The molecule has 3 aliphatic rings. The molecule has 5 heterocycles. The van der Waals surface area contributed by atoms with Crippen molar-refractivity contribution < 1.29 is 47.1 Å². The Morgan fingerprint density at radius 3 is 2.35 bits per heavy atom. The number of halogens is 1. The number of Topliss-reactive ketones (excluding diaryl/α,β-unsaturated/α-hetero) is 2. The number of anilines is 3. The number of ketones is 2. The zero-order valence-electron chi connectivity index (χ0n) is 39.1. The Kier molecular flexibility index (Phi) is 13.7. The molecule has 0 radical (unpaired) electrons. The molecular formula is C49H55FN10O9. The van der Waals surface area contributed by atoms with E-state index in [0.29, 0.717) is 100 Å². The Balaban J connectivity index is 0.708. The minimum atomic E-state index is -2.84. The van der Waals surface area contributed by atoms with Crippen LogP contribution in [0, 0.1) is 20.8 Å². The van der Waals surface area contributed by atoms with Gasteiger partial charge in [0.1, 0.15) is 28.8 Å². The lowest BCUT2D eigenvalue weighted by atomic mass is 9.89. The van der Waals surface area contributed by atoms with Crippen molar-refractivity contribution in [1.82, 2.24) is 40.1 Å². The molecule has 2 fully saturated rings. The third-order valence-electron chi connectivity index (χ3n) is 12.7. The summed E-state index contributed by atoms with van der Waals surface area (Å²) in [6.07, 6.45) is 1.94. The van der Waals surface area contributed by atoms with E-state index in [4.69, 9.17) is 33.8 Å². The number of nitrogens with zero attached hydrogens (tertiary/aromatic N) is 6. The molecule has 3 amide bonds. The quantitative estimate of drug-likeness (QED) is 0.0237. The number of nitrogens with one attached hydrogen (secondary N) is 4. The van der Waals surface area contributed by atoms with Crippen molar-refractivity contribution in [2.24, 2.45) is 0 Å². The number of rotatable bonds is 22. The van der Waals surface area contributed by atoms with Crippen LogP contribution in [0.3, 0.4) is 0 Å². The predicted molar refractivity (Wildman–Crippen MR) is 251 cm³/mol. The maximum Gasteiger partial charge on any atom is 0.289 e. The fraction of sp³-hybridized carbons (Fsp3) is 0.449. The van der Waals surface area contributed by atoms with Gasteiger partial charge >= 0.3 is 0 Å². The van der Waals surface area contributed by atoms with E-state index in [0.717, 1.165) is 68.8 Å². The topological polar surface area (TPSA) is 238 Å². The summed E-state index contributed by atoms with van der Waals surface area (Å²) in [6, 6.07) is 10.8. The first-order valence-corrected chi connectivity index (χ1v) is 23.5. The predicted octanol–water partition coefficient (Wildman–Crippen LogP) is 6.78. The highest BCUT2D eigenvalue weighted by Gasteiger charge is 2.56. The monoisotopic (exact) mass is 946 g/mol. The van der Waals surface area contributed by atoms with Gasteiger partial charge in [-0.15, -0.1) is 0 Å². The van der Waals surface area contributed by atoms with Crippen molar-refractivity contribution in [3.8, 4) is 11.1 Å². The van der Waals surface area contributed by atoms with E-state index in [1.165, 1.54) is 6.07 Å². The molecule has 4 aromatic heterocycles. The lowest BCUT2D eigenvalue weighted by molar-refractivity contribution is -0.147. The summed E-state index contributed by atoms with van der Waals surface area (Å²) in [7, 11) is 0. The number of ether oxygens (including phenoxy) is 3. The minimum Gasteiger partial charge on any atom is -0.384 e. The lowest BCUT2D eigenvalue weighted by Crippen LogP contribution is -2.56. The summed E-state index contributed by atoms with van der Waals surface area (Å²) in [5, 5.41) is 20.2. The van der Waals surface area contributed by atoms with Crippen LogP contribution in [0.4, 0.5) is 21.7 Å². The number of hydrogen-bond donors (Lipinski definition) is 4. The molecule has 1 aliphatic heterocycles. The van der Waals surface area contributed by atoms with Crippen LogP contribution in [-0.4, -0.2) is 123 Å². The highest BCUT2D eigenvalue weighted by Crippen LogP contribution is 2.42. The van der Waals surface area contributed by atoms with E-state index in [1.807, 2.05) is 32.4 Å². The summed E-state index contributed by atoms with van der Waals surface area (Å²) in [5.74, 6) is -4.05. The summed E-state index contributed by atoms with van der Waals surface area (Å²) in [6.45, 7) is 11.5.